The van der Waals surface area contributed by atoms with Gasteiger partial charge in [0.2, 0.25) is 5.12 Å². The Balaban J connectivity index is 1.63. The van der Waals surface area contributed by atoms with Crippen LogP contribution in [0.15, 0.2) is 30.3 Å². The number of hydroxylamine groups is 1. The molecule has 2 rings (SSSR count). The second kappa shape index (κ2) is 14.1. The molecule has 0 amide bonds. The van der Waals surface area contributed by atoms with E-state index in [2.05, 4.69) is 4.73 Å². The van der Waals surface area contributed by atoms with Gasteiger partial charge in [0, 0.05) is 19.4 Å². The Morgan fingerprint density at radius 3 is 2.82 bits per heavy atom. The van der Waals surface area contributed by atoms with Crippen LogP contribution < -0.4 is 4.74 Å². The number of benzene rings is 1. The van der Waals surface area contributed by atoms with E-state index in [0.29, 0.717) is 6.79 Å². The van der Waals surface area contributed by atoms with Gasteiger partial charge < -0.3 is 19.0 Å². The summed E-state index contributed by atoms with van der Waals surface area (Å²) in [5.41, 5.74) is 0. The van der Waals surface area contributed by atoms with E-state index in [1.54, 1.807) is 14.2 Å². The van der Waals surface area contributed by atoms with Crippen molar-refractivity contribution in [3.8, 4) is 5.75 Å². The van der Waals surface area contributed by atoms with Crippen LogP contribution in [0.4, 0.5) is 0 Å². The summed E-state index contributed by atoms with van der Waals surface area (Å²) < 4.78 is 18.5. The lowest BCUT2D eigenvalue weighted by atomic mass is 10.1. The van der Waals surface area contributed by atoms with Crippen LogP contribution >= 0.6 is 11.8 Å². The highest BCUT2D eigenvalue weighted by Gasteiger charge is 2.25. The Morgan fingerprint density at radius 1 is 1.25 bits per heavy atom. The quantitative estimate of drug-likeness (QED) is 0.304. The Hall–Kier alpha value is -0.903. The summed E-state index contributed by atoms with van der Waals surface area (Å²) in [6.45, 7) is 1.40. The molecule has 0 aromatic heterocycles. The molecule has 0 N–H and O–H groups in total. The smallest absolute Gasteiger partial charge is 0.226 e. The summed E-state index contributed by atoms with van der Waals surface area (Å²) in [6.07, 6.45) is 4.54. The number of rotatable bonds is 11. The highest BCUT2D eigenvalue weighted by atomic mass is 32.2. The number of carbonyl (C=O) groups excluding carboxylic acids is 1. The highest BCUT2D eigenvalue weighted by molar-refractivity contribution is 8.13. The first-order chi connectivity index (χ1) is 13.7. The Labute approximate surface area is 174 Å². The van der Waals surface area contributed by atoms with Crippen molar-refractivity contribution < 1.29 is 23.8 Å². The lowest BCUT2D eigenvalue weighted by molar-refractivity contribution is -0.112. The van der Waals surface area contributed by atoms with E-state index in [4.69, 9.17) is 19.0 Å². The fourth-order valence-electron chi connectivity index (χ4n) is 3.39. The van der Waals surface area contributed by atoms with Gasteiger partial charge in [0.25, 0.3) is 0 Å². The average Bonchev–Trinajstić information content (AvgIpc) is 2.71. The van der Waals surface area contributed by atoms with E-state index >= 15 is 0 Å². The molecule has 0 saturated carbocycles. The van der Waals surface area contributed by atoms with E-state index in [-0.39, 0.29) is 17.8 Å². The summed E-state index contributed by atoms with van der Waals surface area (Å²) in [5.74, 6) is 1.58. The summed E-state index contributed by atoms with van der Waals surface area (Å²) in [6, 6.07) is 11.8. The molecule has 0 spiro atoms. The van der Waals surface area contributed by atoms with Gasteiger partial charge in [-0.05, 0) is 43.5 Å². The minimum Gasteiger partial charge on any atom is -0.485 e. The topological polar surface area (TPSA) is 57.2 Å². The predicted molar refractivity (Wildman–Crippen MR) is 115 cm³/mol. The van der Waals surface area contributed by atoms with E-state index < -0.39 is 8.96 Å². The second-order valence-corrected chi connectivity index (χ2v) is 11.0. The van der Waals surface area contributed by atoms with Crippen molar-refractivity contribution >= 4 is 25.8 Å². The Kier molecular flexibility index (Phi) is 11.8. The van der Waals surface area contributed by atoms with Crippen molar-refractivity contribution in [3.63, 3.8) is 0 Å². The molecule has 158 valence electrons. The van der Waals surface area contributed by atoms with Gasteiger partial charge in [-0.2, -0.15) is 0 Å². The Morgan fingerprint density at radius 2 is 2.07 bits per heavy atom. The number of hydrogen-bond donors (Lipinski definition) is 0. The lowest BCUT2D eigenvalue weighted by Gasteiger charge is -2.32. The van der Waals surface area contributed by atoms with Gasteiger partial charge in [0.1, 0.15) is 21.5 Å². The monoisotopic (exact) mass is 427 g/mol. The molecule has 1 aromatic carbocycles. The molecule has 1 heterocycles. The number of carbonyl (C=O) groups is 1. The maximum absolute atomic E-state index is 12.0. The van der Waals surface area contributed by atoms with Crippen LogP contribution in [0, 0.1) is 0 Å². The van der Waals surface area contributed by atoms with Crippen LogP contribution in [0.3, 0.4) is 0 Å². The van der Waals surface area contributed by atoms with Crippen molar-refractivity contribution in [2.24, 2.45) is 0 Å². The molecular weight excluding hydrogens is 394 g/mol. The first-order valence-electron chi connectivity index (χ1n) is 9.97. The predicted octanol–water partition coefficient (Wildman–Crippen LogP) is 3.48. The first kappa shape index (κ1) is 23.4. The third-order valence-electron chi connectivity index (χ3n) is 4.84. The van der Waals surface area contributed by atoms with Crippen LogP contribution in [0.5, 0.6) is 5.75 Å². The molecule has 1 saturated heterocycles. The zero-order chi connectivity index (χ0) is 20.0. The fourth-order valence-corrected chi connectivity index (χ4v) is 7.42. The minimum atomic E-state index is -1.13. The molecule has 2 atom stereocenters. The molecule has 0 bridgehead atoms. The third kappa shape index (κ3) is 9.06. The third-order valence-corrected chi connectivity index (χ3v) is 9.21. The zero-order valence-electron chi connectivity index (χ0n) is 17.0. The van der Waals surface area contributed by atoms with Gasteiger partial charge in [0.05, 0.1) is 13.2 Å². The van der Waals surface area contributed by atoms with Crippen molar-refractivity contribution in [2.45, 2.75) is 43.9 Å². The Bertz CT molecular complexity index is 551. The van der Waals surface area contributed by atoms with Crippen LogP contribution in [0.1, 0.15) is 25.7 Å². The molecule has 8 heteroatoms. The van der Waals surface area contributed by atoms with Gasteiger partial charge in [-0.15, -0.1) is 0 Å². The van der Waals surface area contributed by atoms with Crippen molar-refractivity contribution in [1.29, 1.82) is 0 Å². The van der Waals surface area contributed by atoms with Gasteiger partial charge >= 0.3 is 0 Å². The molecular formula is C20H33NO5SSi. The number of ether oxygens (including phenoxy) is 3. The summed E-state index contributed by atoms with van der Waals surface area (Å²) in [7, 11) is 2.30. The molecule has 1 aliphatic heterocycles. The molecule has 1 fully saturated rings. The molecule has 2 unspecified atom stereocenters. The second-order valence-electron chi connectivity index (χ2n) is 6.86. The number of thioether (sulfide) groups is 1. The van der Waals surface area contributed by atoms with Crippen LogP contribution in [0.2, 0.25) is 12.1 Å². The summed E-state index contributed by atoms with van der Waals surface area (Å²) >= 11 is 1.38. The number of methoxy groups -OCH3 is 1. The molecule has 0 aliphatic carbocycles. The van der Waals surface area contributed by atoms with Crippen molar-refractivity contribution in [2.75, 3.05) is 39.9 Å². The zero-order valence-corrected chi connectivity index (χ0v) is 19.0. The van der Waals surface area contributed by atoms with E-state index in [1.807, 2.05) is 30.3 Å². The number of para-hydroxylation sites is 1. The molecule has 1 aliphatic rings. The van der Waals surface area contributed by atoms with E-state index in [0.717, 1.165) is 43.4 Å². The number of nitrogens with zero attached hydrogens (tertiary/aromatic N) is 1. The van der Waals surface area contributed by atoms with Crippen LogP contribution in [-0.2, 0) is 19.1 Å². The first-order valence-corrected chi connectivity index (χ1v) is 13.1. The van der Waals surface area contributed by atoms with Crippen LogP contribution in [-0.4, -0.2) is 64.8 Å². The van der Waals surface area contributed by atoms with E-state index in [9.17, 15) is 4.79 Å². The standard InChI is InChI=1S/C20H33NO5SSi/c1-23-17-26-19-10-6-14-28(21(24-2)12-11-19)15-7-13-27-20(22)16-25-18-8-4-3-5-9-18/h3-5,8-9,19,28H,6-7,10-17H2,1-2H3. The van der Waals surface area contributed by atoms with Crippen LogP contribution in [0.25, 0.3) is 0 Å². The largest absolute Gasteiger partial charge is 0.485 e. The number of hydrogen-bond acceptors (Lipinski definition) is 7. The molecule has 6 nitrogen and oxygen atoms in total. The SMILES string of the molecule is COCOC1CCC[SiH](CCCSC(=O)COc2ccccc2)N(OC)CC1. The van der Waals surface area contributed by atoms with E-state index in [1.165, 1.54) is 24.2 Å². The fraction of sp³-hybridized carbons (Fsp3) is 0.650. The minimum absolute atomic E-state index is 0.0879. The van der Waals surface area contributed by atoms with Gasteiger partial charge in [0.15, 0.2) is 6.61 Å². The highest BCUT2D eigenvalue weighted by Crippen LogP contribution is 2.22. The summed E-state index contributed by atoms with van der Waals surface area (Å²) in [5, 5.41) is 0.0879. The normalized spacial score (nSPS) is 21.1. The molecule has 28 heavy (non-hydrogen) atoms. The van der Waals surface area contributed by atoms with Crippen molar-refractivity contribution in [3.05, 3.63) is 30.3 Å². The average molecular weight is 428 g/mol. The van der Waals surface area contributed by atoms with Gasteiger partial charge in [-0.1, -0.05) is 36.4 Å². The van der Waals surface area contributed by atoms with Gasteiger partial charge in [-0.25, -0.2) is 4.73 Å². The maximum Gasteiger partial charge on any atom is 0.226 e. The molecule has 1 aromatic rings. The molecule has 0 radical (unpaired) electrons. The maximum atomic E-state index is 12.0. The lowest BCUT2D eigenvalue weighted by Crippen LogP contribution is -2.42. The summed E-state index contributed by atoms with van der Waals surface area (Å²) in [4.78, 5) is 17.7. The van der Waals surface area contributed by atoms with Crippen molar-refractivity contribution in [1.82, 2.24) is 4.73 Å². The van der Waals surface area contributed by atoms with Gasteiger partial charge in [-0.3, -0.25) is 4.79 Å².